The Hall–Kier alpha value is -0.610. The van der Waals surface area contributed by atoms with Gasteiger partial charge in [0.15, 0.2) is 0 Å². The summed E-state index contributed by atoms with van der Waals surface area (Å²) >= 11 is 0. The molecule has 2 fully saturated rings. The third kappa shape index (κ3) is 3.29. The van der Waals surface area contributed by atoms with Crippen LogP contribution >= 0.6 is 0 Å². The summed E-state index contributed by atoms with van der Waals surface area (Å²) in [7, 11) is 1.90. The number of hydrogen-bond acceptors (Lipinski definition) is 4. The van der Waals surface area contributed by atoms with Gasteiger partial charge in [0.1, 0.15) is 5.54 Å². The molecule has 1 aliphatic carbocycles. The lowest BCUT2D eigenvalue weighted by Gasteiger charge is -2.44. The average molecular weight is 268 g/mol. The number of likely N-dealkylation sites (N-methyl/N-ethyl adjacent to an activating group) is 1. The highest BCUT2D eigenvalue weighted by atomic mass is 16.5. The van der Waals surface area contributed by atoms with Gasteiger partial charge < -0.3 is 15.0 Å². The highest BCUT2D eigenvalue weighted by molar-refractivity contribution is 5.81. The van der Waals surface area contributed by atoms with E-state index in [0.29, 0.717) is 12.6 Å². The van der Waals surface area contributed by atoms with Gasteiger partial charge in [-0.05, 0) is 65.6 Å². The molecule has 19 heavy (non-hydrogen) atoms. The number of nitrogens with one attached hydrogen (secondary N) is 1. The van der Waals surface area contributed by atoms with Gasteiger partial charge in [0.25, 0.3) is 0 Å². The van der Waals surface area contributed by atoms with Crippen molar-refractivity contribution in [2.24, 2.45) is 0 Å². The zero-order valence-corrected chi connectivity index (χ0v) is 12.4. The predicted octanol–water partition coefficient (Wildman–Crippen LogP) is 1.94. The van der Waals surface area contributed by atoms with Crippen molar-refractivity contribution in [3.05, 3.63) is 0 Å². The molecule has 0 aromatic rings. The summed E-state index contributed by atoms with van der Waals surface area (Å²) in [5.41, 5.74) is -0.448. The highest BCUT2D eigenvalue weighted by Crippen LogP contribution is 2.33. The van der Waals surface area contributed by atoms with Gasteiger partial charge in [-0.2, -0.15) is 0 Å². The first kappa shape index (κ1) is 14.8. The van der Waals surface area contributed by atoms with Gasteiger partial charge in [-0.15, -0.1) is 0 Å². The maximum Gasteiger partial charge on any atom is 0.326 e. The van der Waals surface area contributed by atoms with Crippen LogP contribution in [0.15, 0.2) is 0 Å². The van der Waals surface area contributed by atoms with Crippen molar-refractivity contribution in [1.29, 1.82) is 0 Å². The molecule has 2 aliphatic rings. The Morgan fingerprint density at radius 2 is 2.05 bits per heavy atom. The number of piperidine rings is 1. The highest BCUT2D eigenvalue weighted by Gasteiger charge is 2.44. The number of likely N-dealkylation sites (tertiary alicyclic amines) is 1. The Balaban J connectivity index is 2.02. The lowest BCUT2D eigenvalue weighted by molar-refractivity contribution is -0.153. The molecule has 1 heterocycles. The Morgan fingerprint density at radius 1 is 1.32 bits per heavy atom. The smallest absolute Gasteiger partial charge is 0.326 e. The molecule has 4 nitrogen and oxygen atoms in total. The minimum Gasteiger partial charge on any atom is -0.465 e. The van der Waals surface area contributed by atoms with E-state index in [-0.39, 0.29) is 5.97 Å². The lowest BCUT2D eigenvalue weighted by atomic mass is 9.78. The summed E-state index contributed by atoms with van der Waals surface area (Å²) in [6.07, 6.45) is 8.13. The number of carbonyl (C=O) groups is 1. The van der Waals surface area contributed by atoms with Crippen LogP contribution in [0.25, 0.3) is 0 Å². The predicted molar refractivity (Wildman–Crippen MR) is 76.1 cm³/mol. The van der Waals surface area contributed by atoms with Crippen molar-refractivity contribution >= 4 is 5.97 Å². The Kier molecular flexibility index (Phi) is 5.22. The molecule has 0 amide bonds. The summed E-state index contributed by atoms with van der Waals surface area (Å²) < 4.78 is 5.29. The van der Waals surface area contributed by atoms with Crippen LogP contribution in [0.5, 0.6) is 0 Å². The second-order valence-electron chi connectivity index (χ2n) is 5.90. The van der Waals surface area contributed by atoms with E-state index in [1.54, 1.807) is 0 Å². The quantitative estimate of drug-likeness (QED) is 0.791. The maximum absolute atomic E-state index is 12.3. The number of esters is 1. The fraction of sp³-hybridized carbons (Fsp3) is 0.933. The van der Waals surface area contributed by atoms with Crippen molar-refractivity contribution in [2.45, 2.75) is 63.5 Å². The molecule has 0 aromatic heterocycles. The minimum absolute atomic E-state index is 0.0563. The van der Waals surface area contributed by atoms with Crippen LogP contribution in [0.2, 0.25) is 0 Å². The summed E-state index contributed by atoms with van der Waals surface area (Å²) in [4.78, 5) is 14.9. The van der Waals surface area contributed by atoms with Gasteiger partial charge in [-0.1, -0.05) is 6.42 Å². The van der Waals surface area contributed by atoms with E-state index in [0.717, 1.165) is 19.3 Å². The topological polar surface area (TPSA) is 41.6 Å². The Labute approximate surface area is 116 Å². The zero-order valence-electron chi connectivity index (χ0n) is 12.4. The molecule has 1 N–H and O–H groups in total. The zero-order chi connectivity index (χ0) is 13.7. The van der Waals surface area contributed by atoms with Crippen LogP contribution in [-0.2, 0) is 9.53 Å². The SMILES string of the molecule is CCOC(=O)C1(NC)CCCC(N2CCCCC2)C1. The Morgan fingerprint density at radius 3 is 2.68 bits per heavy atom. The van der Waals surface area contributed by atoms with Crippen molar-refractivity contribution in [1.82, 2.24) is 10.2 Å². The second kappa shape index (κ2) is 6.71. The monoisotopic (exact) mass is 268 g/mol. The molecule has 0 aromatic carbocycles. The fourth-order valence-electron chi connectivity index (χ4n) is 3.62. The van der Waals surface area contributed by atoms with E-state index in [4.69, 9.17) is 4.74 Å². The van der Waals surface area contributed by atoms with Gasteiger partial charge in [0.05, 0.1) is 6.61 Å². The van der Waals surface area contributed by atoms with Crippen molar-refractivity contribution in [3.63, 3.8) is 0 Å². The molecular formula is C15H28N2O2. The van der Waals surface area contributed by atoms with Gasteiger partial charge in [0.2, 0.25) is 0 Å². The third-order valence-corrected chi connectivity index (χ3v) is 4.78. The largest absolute Gasteiger partial charge is 0.465 e. The molecule has 0 radical (unpaired) electrons. The molecule has 110 valence electrons. The molecule has 0 bridgehead atoms. The first-order valence-electron chi connectivity index (χ1n) is 7.82. The minimum atomic E-state index is -0.448. The molecule has 1 saturated carbocycles. The van der Waals surface area contributed by atoms with Gasteiger partial charge in [-0.3, -0.25) is 4.79 Å². The summed E-state index contributed by atoms with van der Waals surface area (Å²) in [6, 6.07) is 0.547. The van der Waals surface area contributed by atoms with Gasteiger partial charge in [0, 0.05) is 6.04 Å². The molecule has 4 heteroatoms. The van der Waals surface area contributed by atoms with Crippen molar-refractivity contribution in [3.8, 4) is 0 Å². The molecule has 2 atom stereocenters. The van der Waals surface area contributed by atoms with Crippen LogP contribution in [0.3, 0.4) is 0 Å². The summed E-state index contributed by atoms with van der Waals surface area (Å²) in [5, 5.41) is 3.27. The van der Waals surface area contributed by atoms with Crippen LogP contribution < -0.4 is 5.32 Å². The molecule has 2 unspecified atom stereocenters. The third-order valence-electron chi connectivity index (χ3n) is 4.78. The normalized spacial score (nSPS) is 33.1. The van der Waals surface area contributed by atoms with E-state index in [1.807, 2.05) is 14.0 Å². The molecular weight excluding hydrogens is 240 g/mol. The van der Waals surface area contributed by atoms with E-state index in [9.17, 15) is 4.79 Å². The van der Waals surface area contributed by atoms with E-state index < -0.39 is 5.54 Å². The molecule has 1 aliphatic heterocycles. The number of hydrogen-bond donors (Lipinski definition) is 1. The number of rotatable bonds is 4. The number of ether oxygens (including phenoxy) is 1. The standard InChI is InChI=1S/C15H28N2O2/c1-3-19-14(18)15(16-2)9-7-8-13(12-15)17-10-5-4-6-11-17/h13,16H,3-12H2,1-2H3. The fourth-order valence-corrected chi connectivity index (χ4v) is 3.62. The average Bonchev–Trinajstić information content (AvgIpc) is 2.48. The van der Waals surface area contributed by atoms with Crippen LogP contribution in [0.4, 0.5) is 0 Å². The van der Waals surface area contributed by atoms with Crippen molar-refractivity contribution in [2.75, 3.05) is 26.7 Å². The van der Waals surface area contributed by atoms with Gasteiger partial charge in [-0.25, -0.2) is 0 Å². The first-order chi connectivity index (χ1) is 9.22. The van der Waals surface area contributed by atoms with Crippen LogP contribution in [0, 0.1) is 0 Å². The molecule has 1 saturated heterocycles. The van der Waals surface area contributed by atoms with Crippen LogP contribution in [0.1, 0.15) is 51.9 Å². The molecule has 2 rings (SSSR count). The Bertz CT molecular complexity index is 303. The van der Waals surface area contributed by atoms with E-state index in [2.05, 4.69) is 10.2 Å². The summed E-state index contributed by atoms with van der Waals surface area (Å²) in [5.74, 6) is -0.0563. The maximum atomic E-state index is 12.3. The van der Waals surface area contributed by atoms with Gasteiger partial charge >= 0.3 is 5.97 Å². The second-order valence-corrected chi connectivity index (χ2v) is 5.90. The lowest BCUT2D eigenvalue weighted by Crippen LogP contribution is -2.58. The van der Waals surface area contributed by atoms with Crippen molar-refractivity contribution < 1.29 is 9.53 Å². The van der Waals surface area contributed by atoms with Crippen LogP contribution in [-0.4, -0.2) is 49.2 Å². The van der Waals surface area contributed by atoms with E-state index in [1.165, 1.54) is 38.8 Å². The number of nitrogens with zero attached hydrogens (tertiary/aromatic N) is 1. The van der Waals surface area contributed by atoms with E-state index >= 15 is 0 Å². The summed E-state index contributed by atoms with van der Waals surface area (Å²) in [6.45, 7) is 4.75. The molecule has 0 spiro atoms. The first-order valence-corrected chi connectivity index (χ1v) is 7.82. The number of carbonyl (C=O) groups excluding carboxylic acids is 1.